The normalized spacial score (nSPS) is 16.4. The lowest BCUT2D eigenvalue weighted by molar-refractivity contribution is -0.145. The average Bonchev–Trinajstić information content (AvgIpc) is 2.35. The molecule has 0 unspecified atom stereocenters. The van der Waals surface area contributed by atoms with Crippen LogP contribution in [-0.4, -0.2) is 44.1 Å². The number of rotatable bonds is 0. The van der Waals surface area contributed by atoms with Gasteiger partial charge in [0.1, 0.15) is 0 Å². The van der Waals surface area contributed by atoms with Crippen LogP contribution in [0.2, 0.25) is 0 Å². The quantitative estimate of drug-likeness (QED) is 0.505. The first-order valence-corrected chi connectivity index (χ1v) is 6.19. The average molecular weight is 271 g/mol. The fourth-order valence-corrected chi connectivity index (χ4v) is 1.74. The Kier molecular flexibility index (Phi) is 4.43. The lowest BCUT2D eigenvalue weighted by Gasteiger charge is -2.20. The fraction of sp³-hybridized carbons (Fsp3) is 0.286. The van der Waals surface area contributed by atoms with E-state index in [0.717, 1.165) is 11.1 Å². The van der Waals surface area contributed by atoms with Gasteiger partial charge >= 0.3 is 19.1 Å². The van der Waals surface area contributed by atoms with Gasteiger partial charge in [0.2, 0.25) is 0 Å². The van der Waals surface area contributed by atoms with Crippen LogP contribution >= 0.6 is 0 Å². The predicted octanol–water partition coefficient (Wildman–Crippen LogP) is 0.406. The Morgan fingerprint density at radius 1 is 1.15 bits per heavy atom. The molecule has 0 aliphatic carbocycles. The first-order valence-electron chi connectivity index (χ1n) is 6.19. The van der Waals surface area contributed by atoms with Crippen LogP contribution in [0.1, 0.15) is 11.1 Å². The molecule has 6 heteroatoms. The van der Waals surface area contributed by atoms with Crippen molar-refractivity contribution in [1.82, 2.24) is 4.90 Å². The highest BCUT2D eigenvalue weighted by molar-refractivity contribution is 6.58. The van der Waals surface area contributed by atoms with E-state index in [-0.39, 0.29) is 13.1 Å². The van der Waals surface area contributed by atoms with Gasteiger partial charge in [-0.25, -0.2) is 0 Å². The zero-order valence-corrected chi connectivity index (χ0v) is 11.4. The molecule has 102 valence electrons. The van der Waals surface area contributed by atoms with Crippen molar-refractivity contribution in [3.05, 3.63) is 35.4 Å². The van der Waals surface area contributed by atoms with Crippen molar-refractivity contribution < 1.29 is 18.9 Å². The second-order valence-corrected chi connectivity index (χ2v) is 4.57. The minimum absolute atomic E-state index is 0.0393. The topological polar surface area (TPSA) is 55.8 Å². The molecule has 0 aromatic heterocycles. The summed E-state index contributed by atoms with van der Waals surface area (Å²) < 4.78 is 9.99. The smallest absolute Gasteiger partial charge is 0.487 e. The SMILES string of the molecule is Cc1ccccc1C#CB1OC(=O)CN(C)CC(=O)O1. The highest BCUT2D eigenvalue weighted by Crippen LogP contribution is 2.05. The Balaban J connectivity index is 2.14. The second kappa shape index (κ2) is 6.26. The Bertz CT molecular complexity index is 570. The van der Waals surface area contributed by atoms with Gasteiger partial charge in [0, 0.05) is 5.56 Å². The van der Waals surface area contributed by atoms with Crippen LogP contribution in [0.5, 0.6) is 0 Å². The lowest BCUT2D eigenvalue weighted by atomic mass is 9.90. The molecule has 5 nitrogen and oxygen atoms in total. The summed E-state index contributed by atoms with van der Waals surface area (Å²) in [5, 5.41) is 0. The first-order chi connectivity index (χ1) is 9.54. The van der Waals surface area contributed by atoms with Gasteiger partial charge in [0.05, 0.1) is 13.1 Å². The molecule has 1 saturated heterocycles. The maximum atomic E-state index is 11.5. The molecule has 1 aliphatic rings. The third kappa shape index (κ3) is 3.87. The van der Waals surface area contributed by atoms with E-state index in [1.165, 1.54) is 4.90 Å². The van der Waals surface area contributed by atoms with Crippen LogP contribution in [0.4, 0.5) is 0 Å². The number of carbonyl (C=O) groups is 2. The summed E-state index contributed by atoms with van der Waals surface area (Å²) in [5.41, 5.74) is 1.81. The Morgan fingerprint density at radius 3 is 2.35 bits per heavy atom. The number of hydrogen-bond donors (Lipinski definition) is 0. The summed E-state index contributed by atoms with van der Waals surface area (Å²) >= 11 is 0. The molecule has 0 N–H and O–H groups in total. The zero-order chi connectivity index (χ0) is 14.5. The van der Waals surface area contributed by atoms with Gasteiger partial charge in [-0.1, -0.05) is 24.1 Å². The summed E-state index contributed by atoms with van der Waals surface area (Å²) in [6.45, 7) is 2.00. The maximum absolute atomic E-state index is 11.5. The van der Waals surface area contributed by atoms with Crippen LogP contribution in [0.15, 0.2) is 24.3 Å². The number of nitrogens with zero attached hydrogens (tertiary/aromatic N) is 1. The molecule has 0 bridgehead atoms. The van der Waals surface area contributed by atoms with Gasteiger partial charge in [-0.3, -0.25) is 14.5 Å². The van der Waals surface area contributed by atoms with Crippen LogP contribution in [0.25, 0.3) is 0 Å². The fourth-order valence-electron chi connectivity index (χ4n) is 1.74. The molecule has 1 heterocycles. The highest BCUT2D eigenvalue weighted by Gasteiger charge is 2.30. The lowest BCUT2D eigenvalue weighted by Crippen LogP contribution is -2.42. The second-order valence-electron chi connectivity index (χ2n) is 4.57. The summed E-state index contributed by atoms with van der Waals surface area (Å²) in [4.78, 5) is 24.6. The highest BCUT2D eigenvalue weighted by atomic mass is 16.6. The van der Waals surface area contributed by atoms with Crippen molar-refractivity contribution in [2.75, 3.05) is 20.1 Å². The molecule has 1 fully saturated rings. The van der Waals surface area contributed by atoms with Crippen LogP contribution in [-0.2, 0) is 18.9 Å². The first kappa shape index (κ1) is 14.2. The minimum Gasteiger partial charge on any atom is -0.487 e. The van der Waals surface area contributed by atoms with Crippen molar-refractivity contribution in [2.24, 2.45) is 0 Å². The number of hydrogen-bond acceptors (Lipinski definition) is 5. The van der Waals surface area contributed by atoms with Crippen molar-refractivity contribution in [2.45, 2.75) is 6.92 Å². The molecule has 0 atom stereocenters. The van der Waals surface area contributed by atoms with E-state index in [9.17, 15) is 9.59 Å². The predicted molar refractivity (Wildman–Crippen MR) is 73.5 cm³/mol. The Morgan fingerprint density at radius 2 is 1.75 bits per heavy atom. The molecule has 1 aromatic carbocycles. The van der Waals surface area contributed by atoms with Crippen LogP contribution < -0.4 is 0 Å². The molecule has 0 amide bonds. The van der Waals surface area contributed by atoms with E-state index in [0.29, 0.717) is 0 Å². The van der Waals surface area contributed by atoms with Gasteiger partial charge < -0.3 is 9.31 Å². The zero-order valence-electron chi connectivity index (χ0n) is 11.4. The maximum Gasteiger partial charge on any atom is 0.694 e. The molecule has 0 spiro atoms. The number of aryl methyl sites for hydroxylation is 1. The third-order valence-electron chi connectivity index (χ3n) is 2.74. The summed E-state index contributed by atoms with van der Waals surface area (Å²) in [7, 11) is 0.491. The summed E-state index contributed by atoms with van der Waals surface area (Å²) in [5.74, 6) is 4.60. The molecule has 1 aliphatic heterocycles. The van der Waals surface area contributed by atoms with E-state index in [2.05, 4.69) is 11.7 Å². The standard InChI is InChI=1S/C14H14BNO4/c1-11-5-3-4-6-12(11)7-8-15-19-13(17)9-16(2)10-14(18)20-15/h3-6H,9-10H2,1-2H3. The van der Waals surface area contributed by atoms with Crippen molar-refractivity contribution in [1.29, 1.82) is 0 Å². The number of benzene rings is 1. The van der Waals surface area contributed by atoms with Gasteiger partial charge in [-0.2, -0.15) is 0 Å². The van der Waals surface area contributed by atoms with Crippen molar-refractivity contribution >= 4 is 19.1 Å². The van der Waals surface area contributed by atoms with E-state index in [1.807, 2.05) is 31.2 Å². The molecule has 2 rings (SSSR count). The van der Waals surface area contributed by atoms with E-state index >= 15 is 0 Å². The van der Waals surface area contributed by atoms with E-state index < -0.39 is 19.1 Å². The minimum atomic E-state index is -1.15. The van der Waals surface area contributed by atoms with Crippen LogP contribution in [0.3, 0.4) is 0 Å². The van der Waals surface area contributed by atoms with E-state index in [1.54, 1.807) is 7.05 Å². The Labute approximate surface area is 118 Å². The molecule has 20 heavy (non-hydrogen) atoms. The molecular weight excluding hydrogens is 257 g/mol. The summed E-state index contributed by atoms with van der Waals surface area (Å²) in [6.07, 6.45) is 0. The monoisotopic (exact) mass is 271 g/mol. The largest absolute Gasteiger partial charge is 0.694 e. The van der Waals surface area contributed by atoms with Crippen molar-refractivity contribution in [3.8, 4) is 11.7 Å². The molecule has 0 saturated carbocycles. The van der Waals surface area contributed by atoms with Gasteiger partial charge in [0.15, 0.2) is 0 Å². The molecule has 1 aromatic rings. The van der Waals surface area contributed by atoms with E-state index in [4.69, 9.17) is 9.31 Å². The third-order valence-corrected chi connectivity index (χ3v) is 2.74. The van der Waals surface area contributed by atoms with Crippen LogP contribution in [0, 0.1) is 18.7 Å². The van der Waals surface area contributed by atoms with Crippen molar-refractivity contribution in [3.63, 3.8) is 0 Å². The Hall–Kier alpha value is -2.26. The number of likely N-dealkylation sites (N-methyl/N-ethyl adjacent to an activating group) is 1. The molecular formula is C14H14BNO4. The van der Waals surface area contributed by atoms with Gasteiger partial charge in [-0.15, -0.1) is 0 Å². The van der Waals surface area contributed by atoms with Gasteiger partial charge in [0.25, 0.3) is 0 Å². The van der Waals surface area contributed by atoms with Gasteiger partial charge in [-0.05, 0) is 31.4 Å². The summed E-state index contributed by atoms with van der Waals surface area (Å²) in [6, 6.07) is 7.55. The number of carbonyl (C=O) groups excluding carboxylic acids is 2. The molecule has 0 radical (unpaired) electrons.